The van der Waals surface area contributed by atoms with Crippen LogP contribution in [0.25, 0.3) is 27.8 Å². The van der Waals surface area contributed by atoms with Crippen molar-refractivity contribution >= 4 is 22.5 Å². The number of hydrogen-bond donors (Lipinski definition) is 1. The monoisotopic (exact) mass is 431 g/mol. The Kier molecular flexibility index (Phi) is 5.08. The summed E-state index contributed by atoms with van der Waals surface area (Å²) in [6.45, 7) is 3.76. The van der Waals surface area contributed by atoms with Gasteiger partial charge >= 0.3 is 0 Å². The van der Waals surface area contributed by atoms with Gasteiger partial charge in [-0.2, -0.15) is 5.10 Å². The molecule has 0 fully saturated rings. The molecule has 0 radical (unpaired) electrons. The number of hydrogen-bond acceptors (Lipinski definition) is 4. The number of carbonyl (C=O) groups excluding carboxylic acids is 1. The van der Waals surface area contributed by atoms with Crippen molar-refractivity contribution in [2.75, 3.05) is 0 Å². The van der Waals surface area contributed by atoms with E-state index in [2.05, 4.69) is 27.4 Å². The number of amides is 1. The highest BCUT2D eigenvalue weighted by molar-refractivity contribution is 6.01. The molecule has 0 spiro atoms. The molecule has 0 bridgehead atoms. The quantitative estimate of drug-likeness (QED) is 0.418. The van der Waals surface area contributed by atoms with Gasteiger partial charge in [0.25, 0.3) is 5.91 Å². The molecule has 1 N–H and O–H groups in total. The van der Waals surface area contributed by atoms with Crippen molar-refractivity contribution in [3.63, 3.8) is 0 Å². The molecule has 0 aliphatic carbocycles. The highest BCUT2D eigenvalue weighted by Gasteiger charge is 2.22. The van der Waals surface area contributed by atoms with Crippen molar-refractivity contribution in [3.05, 3.63) is 95.4 Å². The van der Waals surface area contributed by atoms with Crippen LogP contribution in [0.15, 0.2) is 73.1 Å². The Balaban J connectivity index is 1.60. The minimum absolute atomic E-state index is 0.231. The van der Waals surface area contributed by atoms with E-state index in [9.17, 15) is 4.79 Å². The van der Waals surface area contributed by atoms with Crippen LogP contribution in [-0.4, -0.2) is 25.5 Å². The number of aromatic nitrogens is 4. The standard InChI is InChI=1S/C27H21N5O/c1-4-19-12-8-13-21-16-22(25(30-24(19)21)20-10-6-5-7-11-20)17(2)29-27(33)23-18(3)31-32-15-9-14-28-26(23)32/h1,5-17H,2-3H3,(H,29,33). The van der Waals surface area contributed by atoms with Crippen molar-refractivity contribution in [1.29, 1.82) is 0 Å². The average molecular weight is 431 g/mol. The first kappa shape index (κ1) is 20.4. The molecule has 160 valence electrons. The number of benzene rings is 2. The van der Waals surface area contributed by atoms with E-state index in [1.165, 1.54) is 0 Å². The molecule has 6 nitrogen and oxygen atoms in total. The van der Waals surface area contributed by atoms with Crippen molar-refractivity contribution in [1.82, 2.24) is 24.9 Å². The van der Waals surface area contributed by atoms with Crippen LogP contribution in [0.5, 0.6) is 0 Å². The molecule has 1 atom stereocenters. The number of fused-ring (bicyclic) bond motifs is 2. The second kappa shape index (κ2) is 8.21. The zero-order valence-electron chi connectivity index (χ0n) is 18.3. The largest absolute Gasteiger partial charge is 0.345 e. The summed E-state index contributed by atoms with van der Waals surface area (Å²) in [7, 11) is 0. The normalized spacial score (nSPS) is 11.9. The third-order valence-corrected chi connectivity index (χ3v) is 5.69. The van der Waals surface area contributed by atoms with Crippen molar-refractivity contribution < 1.29 is 4.79 Å². The lowest BCUT2D eigenvalue weighted by molar-refractivity contribution is 0.0941. The van der Waals surface area contributed by atoms with Gasteiger partial charge in [0.05, 0.1) is 28.5 Å². The first-order valence-corrected chi connectivity index (χ1v) is 10.6. The first-order valence-electron chi connectivity index (χ1n) is 10.6. The summed E-state index contributed by atoms with van der Waals surface area (Å²) < 4.78 is 1.61. The zero-order valence-corrected chi connectivity index (χ0v) is 18.3. The van der Waals surface area contributed by atoms with E-state index in [4.69, 9.17) is 11.4 Å². The molecule has 6 heteroatoms. The topological polar surface area (TPSA) is 72.2 Å². The first-order chi connectivity index (χ1) is 16.1. The molecule has 0 aliphatic rings. The summed E-state index contributed by atoms with van der Waals surface area (Å²) in [6.07, 6.45) is 9.15. The van der Waals surface area contributed by atoms with E-state index in [1.54, 1.807) is 23.0 Å². The lowest BCUT2D eigenvalue weighted by Gasteiger charge is -2.19. The summed E-state index contributed by atoms with van der Waals surface area (Å²) in [5.41, 5.74) is 5.76. The molecular formula is C27H21N5O. The Morgan fingerprint density at radius 1 is 1.12 bits per heavy atom. The molecule has 0 saturated carbocycles. The second-order valence-corrected chi connectivity index (χ2v) is 7.86. The van der Waals surface area contributed by atoms with Crippen LogP contribution in [0.1, 0.15) is 40.1 Å². The van der Waals surface area contributed by atoms with Gasteiger partial charge < -0.3 is 5.32 Å². The number of carbonyl (C=O) groups is 1. The highest BCUT2D eigenvalue weighted by atomic mass is 16.1. The van der Waals surface area contributed by atoms with E-state index in [-0.39, 0.29) is 11.9 Å². The van der Waals surface area contributed by atoms with Gasteiger partial charge in [0.15, 0.2) is 5.65 Å². The molecule has 1 unspecified atom stereocenters. The Morgan fingerprint density at radius 3 is 2.73 bits per heavy atom. The fraction of sp³-hybridized carbons (Fsp3) is 0.111. The molecule has 2 aromatic carbocycles. The van der Waals surface area contributed by atoms with Gasteiger partial charge in [-0.25, -0.2) is 14.5 Å². The summed E-state index contributed by atoms with van der Waals surface area (Å²) in [4.78, 5) is 22.6. The van der Waals surface area contributed by atoms with Crippen LogP contribution in [0.2, 0.25) is 0 Å². The van der Waals surface area contributed by atoms with Gasteiger partial charge in [0.2, 0.25) is 0 Å². The smallest absolute Gasteiger partial charge is 0.257 e. The highest BCUT2D eigenvalue weighted by Crippen LogP contribution is 2.31. The average Bonchev–Trinajstić information content (AvgIpc) is 3.19. The van der Waals surface area contributed by atoms with E-state index < -0.39 is 0 Å². The zero-order chi connectivity index (χ0) is 22.9. The number of pyridine rings is 1. The molecule has 33 heavy (non-hydrogen) atoms. The Labute approximate surface area is 191 Å². The molecule has 1 amide bonds. The third-order valence-electron chi connectivity index (χ3n) is 5.69. The van der Waals surface area contributed by atoms with Gasteiger partial charge in [0.1, 0.15) is 5.56 Å². The van der Waals surface area contributed by atoms with E-state index in [1.807, 2.05) is 62.4 Å². The van der Waals surface area contributed by atoms with Crippen LogP contribution < -0.4 is 5.32 Å². The second-order valence-electron chi connectivity index (χ2n) is 7.86. The SMILES string of the molecule is C#Cc1cccc2cc(C(C)NC(=O)c3c(C)nn4cccnc34)c(-c3ccccc3)nc12. The van der Waals surface area contributed by atoms with E-state index >= 15 is 0 Å². The predicted octanol–water partition coefficient (Wildman–Crippen LogP) is 4.73. The molecule has 5 aromatic rings. The lowest BCUT2D eigenvalue weighted by Crippen LogP contribution is -2.27. The van der Waals surface area contributed by atoms with E-state index in [0.717, 1.165) is 33.3 Å². The molecule has 3 aromatic heterocycles. The third kappa shape index (κ3) is 3.60. The summed E-state index contributed by atoms with van der Waals surface area (Å²) in [5, 5.41) is 8.45. The van der Waals surface area contributed by atoms with Crippen molar-refractivity contribution in [2.45, 2.75) is 19.9 Å². The Bertz CT molecular complexity index is 1550. The molecule has 5 rings (SSSR count). The predicted molar refractivity (Wildman–Crippen MR) is 129 cm³/mol. The number of nitrogens with zero attached hydrogens (tertiary/aromatic N) is 4. The molecule has 0 aliphatic heterocycles. The number of para-hydroxylation sites is 1. The van der Waals surface area contributed by atoms with Gasteiger partial charge in [0, 0.05) is 28.9 Å². The number of aryl methyl sites for hydroxylation is 1. The summed E-state index contributed by atoms with van der Waals surface area (Å²) in [6, 6.07) is 19.2. The minimum atomic E-state index is -0.322. The lowest BCUT2D eigenvalue weighted by atomic mass is 9.97. The summed E-state index contributed by atoms with van der Waals surface area (Å²) in [5.74, 6) is 2.49. The number of nitrogens with one attached hydrogen (secondary N) is 1. The van der Waals surface area contributed by atoms with Crippen LogP contribution in [0.4, 0.5) is 0 Å². The number of terminal acetylenes is 1. The summed E-state index contributed by atoms with van der Waals surface area (Å²) >= 11 is 0. The van der Waals surface area contributed by atoms with Crippen LogP contribution in [0.3, 0.4) is 0 Å². The number of rotatable bonds is 4. The fourth-order valence-corrected chi connectivity index (χ4v) is 4.10. The van der Waals surface area contributed by atoms with Gasteiger partial charge in [-0.05, 0) is 32.0 Å². The Morgan fingerprint density at radius 2 is 1.94 bits per heavy atom. The maximum atomic E-state index is 13.3. The van der Waals surface area contributed by atoms with Gasteiger partial charge in [-0.3, -0.25) is 4.79 Å². The molecule has 3 heterocycles. The van der Waals surface area contributed by atoms with Crippen LogP contribution in [0, 0.1) is 19.3 Å². The Hall–Kier alpha value is -4.50. The fourth-order valence-electron chi connectivity index (χ4n) is 4.10. The maximum absolute atomic E-state index is 13.3. The van der Waals surface area contributed by atoms with Gasteiger partial charge in [-0.15, -0.1) is 6.42 Å². The minimum Gasteiger partial charge on any atom is -0.345 e. The van der Waals surface area contributed by atoms with Crippen LogP contribution >= 0.6 is 0 Å². The van der Waals surface area contributed by atoms with Crippen molar-refractivity contribution in [3.8, 4) is 23.6 Å². The molecular weight excluding hydrogens is 410 g/mol. The van der Waals surface area contributed by atoms with Gasteiger partial charge in [-0.1, -0.05) is 48.4 Å². The maximum Gasteiger partial charge on any atom is 0.257 e. The van der Waals surface area contributed by atoms with E-state index in [0.29, 0.717) is 16.9 Å². The molecule has 0 saturated heterocycles. The van der Waals surface area contributed by atoms with Crippen LogP contribution in [-0.2, 0) is 0 Å². The van der Waals surface area contributed by atoms with Crippen molar-refractivity contribution in [2.24, 2.45) is 0 Å².